The number of nitrogens with one attached hydrogen (secondary N) is 1. The number of anilines is 1. The molecule has 0 aliphatic carbocycles. The summed E-state index contributed by atoms with van der Waals surface area (Å²) in [6.07, 6.45) is 1.57. The number of amides is 1. The number of para-hydroxylation sites is 1. The molecule has 8 heteroatoms. The summed E-state index contributed by atoms with van der Waals surface area (Å²) >= 11 is 0. The van der Waals surface area contributed by atoms with Gasteiger partial charge in [0.15, 0.2) is 0 Å². The molecule has 28 heavy (non-hydrogen) atoms. The number of carbonyl (C=O) groups is 1. The predicted molar refractivity (Wildman–Crippen MR) is 109 cm³/mol. The van der Waals surface area contributed by atoms with E-state index in [-0.39, 0.29) is 11.9 Å². The number of rotatable bonds is 6. The highest BCUT2D eigenvalue weighted by Gasteiger charge is 2.32. The zero-order chi connectivity index (χ0) is 20.3. The number of hydrazone groups is 1. The average Bonchev–Trinajstić information content (AvgIpc) is 3.07. The summed E-state index contributed by atoms with van der Waals surface area (Å²) in [5.41, 5.74) is 2.65. The van der Waals surface area contributed by atoms with E-state index in [9.17, 15) is 13.2 Å². The van der Waals surface area contributed by atoms with Gasteiger partial charge in [0.25, 0.3) is 0 Å². The van der Waals surface area contributed by atoms with E-state index in [1.54, 1.807) is 18.2 Å². The first-order valence-electron chi connectivity index (χ1n) is 8.95. The van der Waals surface area contributed by atoms with Crippen LogP contribution >= 0.6 is 0 Å². The highest BCUT2D eigenvalue weighted by Crippen LogP contribution is 2.35. The SMILES string of the molecule is CCOc1cccc(C2CC(c3ccccc3NS(C)(=O)=O)=NN2C(C)=O)c1. The van der Waals surface area contributed by atoms with Crippen molar-refractivity contribution in [3.63, 3.8) is 0 Å². The van der Waals surface area contributed by atoms with Gasteiger partial charge in [0.1, 0.15) is 5.75 Å². The van der Waals surface area contributed by atoms with Crippen LogP contribution in [0, 0.1) is 0 Å². The van der Waals surface area contributed by atoms with Crippen molar-refractivity contribution in [3.8, 4) is 5.75 Å². The van der Waals surface area contributed by atoms with Crippen LogP contribution in [0.5, 0.6) is 5.75 Å². The Bertz CT molecular complexity index is 1020. The Morgan fingerprint density at radius 2 is 2.00 bits per heavy atom. The lowest BCUT2D eigenvalue weighted by Gasteiger charge is -2.21. The first-order valence-corrected chi connectivity index (χ1v) is 10.8. The Kier molecular flexibility index (Phi) is 5.69. The van der Waals surface area contributed by atoms with Crippen LogP contribution in [-0.2, 0) is 14.8 Å². The lowest BCUT2D eigenvalue weighted by atomic mass is 9.97. The molecule has 1 aliphatic rings. The van der Waals surface area contributed by atoms with Gasteiger partial charge >= 0.3 is 0 Å². The third-order valence-corrected chi connectivity index (χ3v) is 4.91. The molecule has 0 aromatic heterocycles. The number of hydrogen-bond donors (Lipinski definition) is 1. The van der Waals surface area contributed by atoms with Gasteiger partial charge < -0.3 is 4.74 Å². The van der Waals surface area contributed by atoms with Crippen molar-refractivity contribution in [3.05, 3.63) is 59.7 Å². The fourth-order valence-electron chi connectivity index (χ4n) is 3.22. The van der Waals surface area contributed by atoms with Crippen LogP contribution in [0.2, 0.25) is 0 Å². The summed E-state index contributed by atoms with van der Waals surface area (Å²) in [5.74, 6) is 0.548. The normalized spacial score (nSPS) is 16.6. The highest BCUT2D eigenvalue weighted by atomic mass is 32.2. The monoisotopic (exact) mass is 401 g/mol. The molecule has 148 valence electrons. The van der Waals surface area contributed by atoms with Crippen LogP contribution in [0.4, 0.5) is 5.69 Å². The van der Waals surface area contributed by atoms with Crippen LogP contribution < -0.4 is 9.46 Å². The standard InChI is InChI=1S/C20H23N3O4S/c1-4-27-16-9-7-8-15(12-16)20-13-19(21-23(20)14(2)24)17-10-5-6-11-18(17)22-28(3,25)26/h5-12,20,22H,4,13H2,1-3H3. The van der Waals surface area contributed by atoms with Crippen molar-refractivity contribution in [2.24, 2.45) is 5.10 Å². The minimum absolute atomic E-state index is 0.185. The topological polar surface area (TPSA) is 88.1 Å². The van der Waals surface area contributed by atoms with E-state index in [1.165, 1.54) is 11.9 Å². The maximum atomic E-state index is 12.2. The van der Waals surface area contributed by atoms with Crippen molar-refractivity contribution in [1.29, 1.82) is 0 Å². The first-order chi connectivity index (χ1) is 13.3. The average molecular weight is 401 g/mol. The second-order valence-corrected chi connectivity index (χ2v) is 8.30. The van der Waals surface area contributed by atoms with Crippen LogP contribution in [-0.4, -0.2) is 37.9 Å². The zero-order valence-electron chi connectivity index (χ0n) is 16.0. The predicted octanol–water partition coefficient (Wildman–Crippen LogP) is 3.15. The Morgan fingerprint density at radius 1 is 1.25 bits per heavy atom. The van der Waals surface area contributed by atoms with Crippen molar-refractivity contribution >= 4 is 27.3 Å². The molecule has 3 rings (SSSR count). The Labute approximate surface area is 165 Å². The number of carbonyl (C=O) groups excluding carboxylic acids is 1. The molecule has 0 bridgehead atoms. The minimum atomic E-state index is -3.44. The lowest BCUT2D eigenvalue weighted by Crippen LogP contribution is -2.24. The van der Waals surface area contributed by atoms with Crippen molar-refractivity contribution < 1.29 is 17.9 Å². The molecule has 0 saturated heterocycles. The van der Waals surface area contributed by atoms with Crippen LogP contribution in [0.15, 0.2) is 53.6 Å². The van der Waals surface area contributed by atoms with Gasteiger partial charge in [0, 0.05) is 18.9 Å². The second kappa shape index (κ2) is 8.02. The third kappa shape index (κ3) is 4.51. The molecule has 0 spiro atoms. The molecule has 0 saturated carbocycles. The number of sulfonamides is 1. The van der Waals surface area contributed by atoms with E-state index < -0.39 is 10.0 Å². The molecule has 1 unspecified atom stereocenters. The minimum Gasteiger partial charge on any atom is -0.494 e. The van der Waals surface area contributed by atoms with Gasteiger partial charge in [-0.15, -0.1) is 0 Å². The molecule has 1 aliphatic heterocycles. The smallest absolute Gasteiger partial charge is 0.240 e. The number of nitrogens with zero attached hydrogens (tertiary/aromatic N) is 2. The molecular weight excluding hydrogens is 378 g/mol. The summed E-state index contributed by atoms with van der Waals surface area (Å²) in [6.45, 7) is 3.93. The lowest BCUT2D eigenvalue weighted by molar-refractivity contribution is -0.130. The van der Waals surface area contributed by atoms with Gasteiger partial charge in [-0.25, -0.2) is 13.4 Å². The molecule has 7 nitrogen and oxygen atoms in total. The van der Waals surface area contributed by atoms with Crippen LogP contribution in [0.1, 0.15) is 37.4 Å². The number of hydrogen-bond acceptors (Lipinski definition) is 5. The van der Waals surface area contributed by atoms with Gasteiger partial charge in [-0.1, -0.05) is 30.3 Å². The van der Waals surface area contributed by atoms with E-state index in [4.69, 9.17) is 4.74 Å². The number of benzene rings is 2. The Balaban J connectivity index is 1.97. The largest absolute Gasteiger partial charge is 0.494 e. The second-order valence-electron chi connectivity index (χ2n) is 6.56. The summed E-state index contributed by atoms with van der Waals surface area (Å²) in [5, 5.41) is 5.95. The van der Waals surface area contributed by atoms with Gasteiger partial charge in [-0.3, -0.25) is 9.52 Å². The Hall–Kier alpha value is -2.87. The molecular formula is C20H23N3O4S. The van der Waals surface area contributed by atoms with Crippen molar-refractivity contribution in [2.75, 3.05) is 17.6 Å². The van der Waals surface area contributed by atoms with Crippen molar-refractivity contribution in [2.45, 2.75) is 26.3 Å². The van der Waals surface area contributed by atoms with Gasteiger partial charge in [0.2, 0.25) is 15.9 Å². The van der Waals surface area contributed by atoms with E-state index in [1.807, 2.05) is 37.3 Å². The molecule has 1 atom stereocenters. The molecule has 0 radical (unpaired) electrons. The van der Waals surface area contributed by atoms with E-state index in [0.29, 0.717) is 30.0 Å². The first kappa shape index (κ1) is 19.9. The van der Waals surface area contributed by atoms with Gasteiger partial charge in [0.05, 0.1) is 30.3 Å². The molecule has 0 fully saturated rings. The van der Waals surface area contributed by atoms with Crippen LogP contribution in [0.3, 0.4) is 0 Å². The maximum Gasteiger partial charge on any atom is 0.240 e. The van der Waals surface area contributed by atoms with E-state index in [0.717, 1.165) is 17.6 Å². The molecule has 1 amide bonds. The zero-order valence-corrected chi connectivity index (χ0v) is 16.9. The summed E-state index contributed by atoms with van der Waals surface area (Å²) in [6, 6.07) is 14.3. The van der Waals surface area contributed by atoms with Gasteiger partial charge in [-0.2, -0.15) is 5.10 Å². The van der Waals surface area contributed by atoms with E-state index >= 15 is 0 Å². The van der Waals surface area contributed by atoms with Crippen LogP contribution in [0.25, 0.3) is 0 Å². The highest BCUT2D eigenvalue weighted by molar-refractivity contribution is 7.92. The van der Waals surface area contributed by atoms with Crippen molar-refractivity contribution in [1.82, 2.24) is 5.01 Å². The number of ether oxygens (including phenoxy) is 1. The fourth-order valence-corrected chi connectivity index (χ4v) is 3.80. The molecule has 2 aromatic rings. The third-order valence-electron chi connectivity index (χ3n) is 4.32. The summed E-state index contributed by atoms with van der Waals surface area (Å²) < 4.78 is 31.5. The van der Waals surface area contributed by atoms with E-state index in [2.05, 4.69) is 9.82 Å². The molecule has 2 aromatic carbocycles. The molecule has 1 heterocycles. The molecule has 1 N–H and O–H groups in total. The summed E-state index contributed by atoms with van der Waals surface area (Å²) in [4.78, 5) is 12.2. The maximum absolute atomic E-state index is 12.2. The quantitative estimate of drug-likeness (QED) is 0.805. The Morgan fingerprint density at radius 3 is 2.68 bits per heavy atom. The summed E-state index contributed by atoms with van der Waals surface area (Å²) in [7, 11) is -3.44. The van der Waals surface area contributed by atoms with Gasteiger partial charge in [-0.05, 0) is 30.7 Å². The fraction of sp³-hybridized carbons (Fsp3) is 0.300.